The van der Waals surface area contributed by atoms with Gasteiger partial charge in [0.2, 0.25) is 0 Å². The Morgan fingerprint density at radius 2 is 1.62 bits per heavy atom. The smallest absolute Gasteiger partial charge is 0.321 e. The number of rotatable bonds is 4. The molecule has 0 unspecified atom stereocenters. The summed E-state index contributed by atoms with van der Waals surface area (Å²) >= 11 is 1.20. The summed E-state index contributed by atoms with van der Waals surface area (Å²) in [5.41, 5.74) is 4.65. The molecule has 0 spiro atoms. The number of aryl methyl sites for hydroxylation is 4. The van der Waals surface area contributed by atoms with Crippen LogP contribution in [0.3, 0.4) is 0 Å². The molecule has 3 N–H and O–H groups in total. The van der Waals surface area contributed by atoms with Crippen molar-refractivity contribution in [1.82, 2.24) is 10.3 Å². The predicted octanol–water partition coefficient (Wildman–Crippen LogP) is 5.33. The lowest BCUT2D eigenvalue weighted by Crippen LogP contribution is -2.39. The second kappa shape index (κ2) is 8.95. The van der Waals surface area contributed by atoms with E-state index < -0.39 is 0 Å². The van der Waals surface area contributed by atoms with E-state index in [9.17, 15) is 9.59 Å². The summed E-state index contributed by atoms with van der Waals surface area (Å²) < 4.78 is 0. The van der Waals surface area contributed by atoms with Gasteiger partial charge in [0, 0.05) is 11.7 Å². The Balaban J connectivity index is 1.64. The van der Waals surface area contributed by atoms with Crippen LogP contribution >= 0.6 is 11.3 Å². The third-order valence-electron chi connectivity index (χ3n) is 5.49. The molecule has 1 heterocycles. The molecule has 1 aromatic heterocycles. The molecule has 0 radical (unpaired) electrons. The van der Waals surface area contributed by atoms with Gasteiger partial charge >= 0.3 is 6.03 Å². The molecular formula is C22H30N4O2S. The zero-order valence-corrected chi connectivity index (χ0v) is 18.6. The molecule has 0 bridgehead atoms. The van der Waals surface area contributed by atoms with E-state index in [0.29, 0.717) is 15.7 Å². The van der Waals surface area contributed by atoms with Crippen LogP contribution in [0.5, 0.6) is 0 Å². The van der Waals surface area contributed by atoms with Crippen LogP contribution in [0.4, 0.5) is 15.6 Å². The highest BCUT2D eigenvalue weighted by molar-refractivity contribution is 7.17. The first-order chi connectivity index (χ1) is 13.7. The van der Waals surface area contributed by atoms with E-state index in [1.807, 2.05) is 32.9 Å². The lowest BCUT2D eigenvalue weighted by Gasteiger charge is -2.26. The Bertz CT molecular complexity index is 891. The number of benzene rings is 1. The van der Waals surface area contributed by atoms with Gasteiger partial charge in [-0.25, -0.2) is 9.78 Å². The average Bonchev–Trinajstić information content (AvgIpc) is 3.00. The molecule has 29 heavy (non-hydrogen) atoms. The third kappa shape index (κ3) is 5.35. The van der Waals surface area contributed by atoms with Crippen molar-refractivity contribution in [3.8, 4) is 0 Å². The number of carbonyl (C=O) groups excluding carboxylic acids is 2. The Morgan fingerprint density at radius 3 is 2.24 bits per heavy atom. The largest absolute Gasteiger partial charge is 0.335 e. The number of nitrogens with zero attached hydrogens (tertiary/aromatic N) is 1. The number of aromatic nitrogens is 1. The van der Waals surface area contributed by atoms with Crippen molar-refractivity contribution < 1.29 is 9.59 Å². The van der Waals surface area contributed by atoms with Crippen LogP contribution in [0.1, 0.15) is 64.7 Å². The van der Waals surface area contributed by atoms with Gasteiger partial charge in [-0.1, -0.05) is 36.0 Å². The highest BCUT2D eigenvalue weighted by Crippen LogP contribution is 2.27. The number of anilines is 2. The molecule has 1 aromatic carbocycles. The minimum Gasteiger partial charge on any atom is -0.335 e. The third-order valence-corrected chi connectivity index (χ3v) is 6.56. The standard InChI is InChI=1S/C22H30N4O2S/c1-12-6-8-17(9-7-12)24-21(28)26-22-23-16(5)19(29-22)20(27)25-18-14(3)10-13(2)11-15(18)4/h10-12,17H,6-9H2,1-5H3,(H,25,27)(H2,23,24,26,28). The van der Waals surface area contributed by atoms with Gasteiger partial charge < -0.3 is 10.6 Å². The lowest BCUT2D eigenvalue weighted by atomic mass is 9.87. The van der Waals surface area contributed by atoms with Gasteiger partial charge in [-0.3, -0.25) is 10.1 Å². The molecule has 2 aromatic rings. The van der Waals surface area contributed by atoms with Crippen molar-refractivity contribution in [2.24, 2.45) is 5.92 Å². The van der Waals surface area contributed by atoms with Crippen LogP contribution in [-0.2, 0) is 0 Å². The van der Waals surface area contributed by atoms with Crippen LogP contribution in [0, 0.1) is 33.6 Å². The van der Waals surface area contributed by atoms with Gasteiger partial charge in [-0.15, -0.1) is 0 Å². The van der Waals surface area contributed by atoms with Crippen molar-refractivity contribution in [1.29, 1.82) is 0 Å². The predicted molar refractivity (Wildman–Crippen MR) is 119 cm³/mol. The molecule has 3 amide bonds. The molecule has 3 rings (SSSR count). The molecule has 1 saturated carbocycles. The zero-order chi connectivity index (χ0) is 21.1. The summed E-state index contributed by atoms with van der Waals surface area (Å²) in [6.45, 7) is 10.0. The summed E-state index contributed by atoms with van der Waals surface area (Å²) in [5.74, 6) is 0.532. The lowest BCUT2D eigenvalue weighted by molar-refractivity contribution is 0.102. The number of carbonyl (C=O) groups is 2. The van der Waals surface area contributed by atoms with Crippen LogP contribution in [0.15, 0.2) is 12.1 Å². The first kappa shape index (κ1) is 21.3. The Morgan fingerprint density at radius 1 is 1.00 bits per heavy atom. The maximum Gasteiger partial charge on any atom is 0.321 e. The normalized spacial score (nSPS) is 18.9. The Hall–Kier alpha value is -2.41. The fourth-order valence-electron chi connectivity index (χ4n) is 3.93. The van der Waals surface area contributed by atoms with Crippen LogP contribution in [0.25, 0.3) is 0 Å². The van der Waals surface area contributed by atoms with E-state index in [1.54, 1.807) is 6.92 Å². The van der Waals surface area contributed by atoms with E-state index in [-0.39, 0.29) is 18.0 Å². The highest BCUT2D eigenvalue weighted by Gasteiger charge is 2.21. The SMILES string of the molecule is Cc1cc(C)c(NC(=O)c2sc(NC(=O)NC3CCC(C)CC3)nc2C)c(C)c1. The van der Waals surface area contributed by atoms with E-state index in [4.69, 9.17) is 0 Å². The summed E-state index contributed by atoms with van der Waals surface area (Å²) in [6.07, 6.45) is 4.30. The molecule has 0 aliphatic heterocycles. The van der Waals surface area contributed by atoms with Crippen LogP contribution < -0.4 is 16.0 Å². The number of nitrogens with one attached hydrogen (secondary N) is 3. The Kier molecular flexibility index (Phi) is 6.57. The van der Waals surface area contributed by atoms with Gasteiger partial charge in [-0.2, -0.15) is 0 Å². The molecule has 7 heteroatoms. The highest BCUT2D eigenvalue weighted by atomic mass is 32.1. The molecule has 156 valence electrons. The van der Waals surface area contributed by atoms with E-state index in [2.05, 4.69) is 27.9 Å². The van der Waals surface area contributed by atoms with Crippen molar-refractivity contribution in [3.63, 3.8) is 0 Å². The maximum absolute atomic E-state index is 12.8. The number of amides is 3. The van der Waals surface area contributed by atoms with E-state index in [0.717, 1.165) is 54.0 Å². The molecule has 1 fully saturated rings. The topological polar surface area (TPSA) is 83.1 Å². The van der Waals surface area contributed by atoms with Crippen molar-refractivity contribution in [2.75, 3.05) is 10.6 Å². The summed E-state index contributed by atoms with van der Waals surface area (Å²) in [7, 11) is 0. The van der Waals surface area contributed by atoms with Gasteiger partial charge in [-0.05, 0) is 70.4 Å². The molecule has 0 saturated heterocycles. The number of hydrogen-bond donors (Lipinski definition) is 3. The van der Waals surface area contributed by atoms with Crippen molar-refractivity contribution in [2.45, 2.75) is 66.3 Å². The zero-order valence-electron chi connectivity index (χ0n) is 17.8. The number of thiazole rings is 1. The molecule has 1 aliphatic rings. The second-order valence-corrected chi connectivity index (χ2v) is 9.22. The van der Waals surface area contributed by atoms with Gasteiger partial charge in [0.15, 0.2) is 5.13 Å². The van der Waals surface area contributed by atoms with E-state index >= 15 is 0 Å². The second-order valence-electron chi connectivity index (χ2n) is 8.22. The fourth-order valence-corrected chi connectivity index (χ4v) is 4.79. The van der Waals surface area contributed by atoms with Gasteiger partial charge in [0.25, 0.3) is 5.91 Å². The minimum absolute atomic E-state index is 0.204. The van der Waals surface area contributed by atoms with Crippen LogP contribution in [0.2, 0.25) is 0 Å². The monoisotopic (exact) mass is 414 g/mol. The first-order valence-corrected chi connectivity index (χ1v) is 11.0. The van der Waals surface area contributed by atoms with Crippen molar-refractivity contribution in [3.05, 3.63) is 39.4 Å². The van der Waals surface area contributed by atoms with E-state index in [1.165, 1.54) is 11.3 Å². The minimum atomic E-state index is -0.254. The van der Waals surface area contributed by atoms with Gasteiger partial charge in [0.1, 0.15) is 4.88 Å². The number of hydrogen-bond acceptors (Lipinski definition) is 4. The fraction of sp³-hybridized carbons (Fsp3) is 0.500. The number of urea groups is 1. The average molecular weight is 415 g/mol. The van der Waals surface area contributed by atoms with Gasteiger partial charge in [0.05, 0.1) is 5.69 Å². The molecule has 0 atom stereocenters. The van der Waals surface area contributed by atoms with Crippen molar-refractivity contribution >= 4 is 34.1 Å². The summed E-state index contributed by atoms with van der Waals surface area (Å²) in [6, 6.07) is 4.05. The quantitative estimate of drug-likeness (QED) is 0.632. The van der Waals surface area contributed by atoms with Crippen LogP contribution in [-0.4, -0.2) is 23.0 Å². The molecular weight excluding hydrogens is 384 g/mol. The molecule has 1 aliphatic carbocycles. The Labute approximate surface area is 176 Å². The summed E-state index contributed by atoms with van der Waals surface area (Å²) in [4.78, 5) is 30.0. The molecule has 6 nitrogen and oxygen atoms in total. The first-order valence-electron chi connectivity index (χ1n) is 10.2. The summed E-state index contributed by atoms with van der Waals surface area (Å²) in [5, 5.41) is 9.25. The maximum atomic E-state index is 12.8.